The summed E-state index contributed by atoms with van der Waals surface area (Å²) in [4.78, 5) is 13.0. The van der Waals surface area contributed by atoms with Gasteiger partial charge < -0.3 is 9.84 Å². The molecular formula is C20H34F6O3. The lowest BCUT2D eigenvalue weighted by Gasteiger charge is -2.46. The van der Waals surface area contributed by atoms with Crippen molar-refractivity contribution >= 4 is 5.97 Å². The van der Waals surface area contributed by atoms with Gasteiger partial charge in [-0.3, -0.25) is 4.79 Å². The zero-order chi connectivity index (χ0) is 23.7. The molecule has 0 fully saturated rings. The molecule has 0 aromatic heterocycles. The SMILES string of the molecule is CCC(C)(C)CC(C)(C(=O)OC(C)CC(O)(C(F)(F)F)C(F)(F)F)C(C)(C)CC. The van der Waals surface area contributed by atoms with Crippen molar-refractivity contribution in [1.82, 2.24) is 0 Å². The fourth-order valence-electron chi connectivity index (χ4n) is 3.22. The number of rotatable bonds is 9. The highest BCUT2D eigenvalue weighted by Gasteiger charge is 2.70. The molecule has 9 heteroatoms. The van der Waals surface area contributed by atoms with E-state index in [1.807, 2.05) is 41.5 Å². The molecule has 0 bridgehead atoms. The second-order valence-corrected chi connectivity index (χ2v) is 9.54. The van der Waals surface area contributed by atoms with Gasteiger partial charge in [0.1, 0.15) is 6.10 Å². The number of halogens is 6. The summed E-state index contributed by atoms with van der Waals surface area (Å²) in [6.45, 7) is 13.8. The zero-order valence-corrected chi connectivity index (χ0v) is 18.4. The van der Waals surface area contributed by atoms with Gasteiger partial charge in [-0.15, -0.1) is 0 Å². The molecule has 0 amide bonds. The Morgan fingerprint density at radius 1 is 0.897 bits per heavy atom. The second kappa shape index (κ2) is 8.63. The van der Waals surface area contributed by atoms with Crippen molar-refractivity contribution in [2.75, 3.05) is 0 Å². The maximum absolute atomic E-state index is 13.0. The van der Waals surface area contributed by atoms with Crippen LogP contribution in [-0.2, 0) is 9.53 Å². The Kier molecular flexibility index (Phi) is 8.34. The molecule has 0 radical (unpaired) electrons. The molecule has 174 valence electrons. The van der Waals surface area contributed by atoms with Crippen LogP contribution in [0.2, 0.25) is 0 Å². The maximum atomic E-state index is 13.0. The summed E-state index contributed by atoms with van der Waals surface area (Å²) in [5.41, 5.74) is -7.04. The van der Waals surface area contributed by atoms with Crippen molar-refractivity contribution < 1.29 is 41.0 Å². The third kappa shape index (κ3) is 6.01. The van der Waals surface area contributed by atoms with Gasteiger partial charge >= 0.3 is 18.3 Å². The van der Waals surface area contributed by atoms with E-state index in [4.69, 9.17) is 4.74 Å². The van der Waals surface area contributed by atoms with Crippen LogP contribution >= 0.6 is 0 Å². The summed E-state index contributed by atoms with van der Waals surface area (Å²) in [5, 5.41) is 9.36. The number of hydrogen-bond donors (Lipinski definition) is 1. The number of alkyl halides is 6. The highest BCUT2D eigenvalue weighted by molar-refractivity contribution is 5.77. The Morgan fingerprint density at radius 3 is 1.62 bits per heavy atom. The zero-order valence-electron chi connectivity index (χ0n) is 18.4. The minimum absolute atomic E-state index is 0.303. The molecule has 0 saturated heterocycles. The predicted molar refractivity (Wildman–Crippen MR) is 98.1 cm³/mol. The summed E-state index contributed by atoms with van der Waals surface area (Å²) in [5.74, 6) is -0.870. The third-order valence-electron chi connectivity index (χ3n) is 6.45. The Bertz CT molecular complexity index is 552. The maximum Gasteiger partial charge on any atom is 0.426 e. The molecule has 1 N–H and O–H groups in total. The molecule has 0 aromatic rings. The first-order valence-electron chi connectivity index (χ1n) is 9.67. The van der Waals surface area contributed by atoms with Crippen LogP contribution in [0.15, 0.2) is 0 Å². The lowest BCUT2D eigenvalue weighted by Crippen LogP contribution is -2.58. The van der Waals surface area contributed by atoms with Crippen LogP contribution in [0.3, 0.4) is 0 Å². The molecular weight excluding hydrogens is 402 g/mol. The van der Waals surface area contributed by atoms with E-state index in [2.05, 4.69) is 0 Å². The van der Waals surface area contributed by atoms with E-state index in [0.717, 1.165) is 6.92 Å². The van der Waals surface area contributed by atoms with E-state index in [0.29, 0.717) is 19.3 Å². The van der Waals surface area contributed by atoms with Crippen molar-refractivity contribution in [1.29, 1.82) is 0 Å². The van der Waals surface area contributed by atoms with Crippen molar-refractivity contribution in [3.8, 4) is 0 Å². The van der Waals surface area contributed by atoms with E-state index in [9.17, 15) is 36.2 Å². The molecule has 29 heavy (non-hydrogen) atoms. The van der Waals surface area contributed by atoms with Crippen LogP contribution in [0.4, 0.5) is 26.3 Å². The monoisotopic (exact) mass is 436 g/mol. The normalized spacial score (nSPS) is 17.6. The minimum atomic E-state index is -5.96. The van der Waals surface area contributed by atoms with Gasteiger partial charge in [-0.2, -0.15) is 26.3 Å². The Hall–Kier alpha value is -0.990. The number of esters is 1. The third-order valence-corrected chi connectivity index (χ3v) is 6.45. The van der Waals surface area contributed by atoms with Gasteiger partial charge in [0.05, 0.1) is 5.41 Å². The van der Waals surface area contributed by atoms with Crippen LogP contribution in [0.1, 0.15) is 81.1 Å². The van der Waals surface area contributed by atoms with E-state index < -0.39 is 47.3 Å². The Balaban J connectivity index is 5.83. The average molecular weight is 436 g/mol. The molecule has 0 rings (SSSR count). The summed E-state index contributed by atoms with van der Waals surface area (Å²) in [6, 6.07) is 0. The molecule has 0 aliphatic rings. The Labute approximate surface area is 169 Å². The van der Waals surface area contributed by atoms with Crippen molar-refractivity contribution in [2.45, 2.75) is 105 Å². The number of hydrogen-bond acceptors (Lipinski definition) is 3. The summed E-state index contributed by atoms with van der Waals surface area (Å²) >= 11 is 0. The summed E-state index contributed by atoms with van der Waals surface area (Å²) < 4.78 is 82.7. The molecule has 0 aliphatic carbocycles. The van der Waals surface area contributed by atoms with Crippen LogP contribution in [0, 0.1) is 16.2 Å². The highest BCUT2D eigenvalue weighted by Crippen LogP contribution is 2.51. The van der Waals surface area contributed by atoms with Crippen LogP contribution in [-0.4, -0.2) is 35.1 Å². The number of carbonyl (C=O) groups is 1. The molecule has 3 nitrogen and oxygen atoms in total. The van der Waals surface area contributed by atoms with Crippen LogP contribution in [0.5, 0.6) is 0 Å². The second-order valence-electron chi connectivity index (χ2n) is 9.54. The smallest absolute Gasteiger partial charge is 0.426 e. The molecule has 0 spiro atoms. The number of carbonyl (C=O) groups excluding carboxylic acids is 1. The van der Waals surface area contributed by atoms with Crippen LogP contribution in [0.25, 0.3) is 0 Å². The van der Waals surface area contributed by atoms with Gasteiger partial charge in [-0.25, -0.2) is 0 Å². The standard InChI is InChI=1S/C20H34F6O3/c1-9-15(4,5)12-17(8,16(6,7)10-2)14(27)29-13(3)11-18(28,19(21,22)23)20(24,25)26/h13,28H,9-12H2,1-8H3. The van der Waals surface area contributed by atoms with E-state index in [-0.39, 0.29) is 5.41 Å². The number of ether oxygens (including phenoxy) is 1. The van der Waals surface area contributed by atoms with E-state index in [1.54, 1.807) is 6.92 Å². The first kappa shape index (κ1) is 28.0. The Morgan fingerprint density at radius 2 is 1.31 bits per heavy atom. The number of aliphatic hydroxyl groups is 1. The first-order chi connectivity index (χ1) is 12.6. The molecule has 0 heterocycles. The van der Waals surface area contributed by atoms with Gasteiger partial charge in [0.25, 0.3) is 5.60 Å². The van der Waals surface area contributed by atoms with E-state index >= 15 is 0 Å². The van der Waals surface area contributed by atoms with Gasteiger partial charge in [-0.05, 0) is 37.5 Å². The summed E-state index contributed by atoms with van der Waals surface area (Å²) in [6.07, 6.45) is -13.9. The van der Waals surface area contributed by atoms with E-state index in [1.165, 1.54) is 0 Å². The molecule has 0 aromatic carbocycles. The lowest BCUT2D eigenvalue weighted by molar-refractivity contribution is -0.373. The fraction of sp³-hybridized carbons (Fsp3) is 0.950. The average Bonchev–Trinajstić information content (AvgIpc) is 2.51. The van der Waals surface area contributed by atoms with Gasteiger partial charge in [0.2, 0.25) is 0 Å². The van der Waals surface area contributed by atoms with Crippen molar-refractivity contribution in [3.05, 3.63) is 0 Å². The summed E-state index contributed by atoms with van der Waals surface area (Å²) in [7, 11) is 0. The van der Waals surface area contributed by atoms with Gasteiger partial charge in [0, 0.05) is 6.42 Å². The molecule has 2 unspecified atom stereocenters. The molecule has 0 saturated carbocycles. The topological polar surface area (TPSA) is 46.5 Å². The predicted octanol–water partition coefficient (Wildman–Crippen LogP) is 6.43. The lowest BCUT2D eigenvalue weighted by atomic mass is 9.58. The fourth-order valence-corrected chi connectivity index (χ4v) is 3.22. The van der Waals surface area contributed by atoms with Crippen LogP contribution < -0.4 is 0 Å². The largest absolute Gasteiger partial charge is 0.462 e. The van der Waals surface area contributed by atoms with Crippen molar-refractivity contribution in [3.63, 3.8) is 0 Å². The molecule has 0 aliphatic heterocycles. The van der Waals surface area contributed by atoms with Crippen molar-refractivity contribution in [2.24, 2.45) is 16.2 Å². The highest BCUT2D eigenvalue weighted by atomic mass is 19.4. The molecule has 2 atom stereocenters. The quantitative estimate of drug-likeness (QED) is 0.335. The van der Waals surface area contributed by atoms with Gasteiger partial charge in [0.15, 0.2) is 0 Å². The minimum Gasteiger partial charge on any atom is -0.462 e. The first-order valence-corrected chi connectivity index (χ1v) is 9.67. The van der Waals surface area contributed by atoms with Gasteiger partial charge in [-0.1, -0.05) is 48.0 Å².